The molecule has 19 heavy (non-hydrogen) atoms. The molecule has 0 saturated carbocycles. The molecule has 0 aliphatic carbocycles. The summed E-state index contributed by atoms with van der Waals surface area (Å²) in [6.07, 6.45) is 0.497. The number of benzene rings is 1. The van der Waals surface area contributed by atoms with Gasteiger partial charge in [-0.3, -0.25) is 4.79 Å². The number of aromatic nitrogens is 2. The number of rotatable bonds is 4. The van der Waals surface area contributed by atoms with E-state index in [1.54, 1.807) is 25.1 Å². The molecule has 0 spiro atoms. The molecule has 0 aliphatic heterocycles. The zero-order chi connectivity index (χ0) is 13.8. The number of carbonyl (C=O) groups is 1. The SMILES string of the molecule is Cc1noc(CCNC(=O)c2ccc(Br)c(Cl)c2)n1. The molecule has 0 saturated heterocycles. The Bertz CT molecular complexity index is 600. The summed E-state index contributed by atoms with van der Waals surface area (Å²) in [5, 5.41) is 6.94. The van der Waals surface area contributed by atoms with Gasteiger partial charge in [0.1, 0.15) is 0 Å². The van der Waals surface area contributed by atoms with Crippen LogP contribution in [0.15, 0.2) is 27.2 Å². The molecule has 0 bridgehead atoms. The van der Waals surface area contributed by atoms with Crippen LogP contribution >= 0.6 is 27.5 Å². The van der Waals surface area contributed by atoms with E-state index >= 15 is 0 Å². The van der Waals surface area contributed by atoms with Crippen LogP contribution in [0.3, 0.4) is 0 Å². The average molecular weight is 345 g/mol. The first-order valence-electron chi connectivity index (χ1n) is 5.58. The van der Waals surface area contributed by atoms with Crippen molar-refractivity contribution in [3.8, 4) is 0 Å². The van der Waals surface area contributed by atoms with E-state index in [-0.39, 0.29) is 5.91 Å². The van der Waals surface area contributed by atoms with Gasteiger partial charge >= 0.3 is 0 Å². The number of halogens is 2. The summed E-state index contributed by atoms with van der Waals surface area (Å²) in [5.41, 5.74) is 0.509. The Morgan fingerprint density at radius 2 is 2.32 bits per heavy atom. The predicted octanol–water partition coefficient (Wildman–Crippen LogP) is 2.77. The maximum atomic E-state index is 11.9. The van der Waals surface area contributed by atoms with Gasteiger partial charge < -0.3 is 9.84 Å². The van der Waals surface area contributed by atoms with Crippen molar-refractivity contribution in [1.29, 1.82) is 0 Å². The fourth-order valence-electron chi connectivity index (χ4n) is 1.46. The second kappa shape index (κ2) is 6.16. The summed E-state index contributed by atoms with van der Waals surface area (Å²) in [6, 6.07) is 5.04. The van der Waals surface area contributed by atoms with Crippen molar-refractivity contribution in [3.63, 3.8) is 0 Å². The third-order valence-electron chi connectivity index (χ3n) is 2.38. The number of nitrogens with one attached hydrogen (secondary N) is 1. The number of carbonyl (C=O) groups excluding carboxylic acids is 1. The summed E-state index contributed by atoms with van der Waals surface area (Å²) in [5.74, 6) is 0.901. The molecule has 7 heteroatoms. The fourth-order valence-corrected chi connectivity index (χ4v) is 1.89. The van der Waals surface area contributed by atoms with Crippen molar-refractivity contribution >= 4 is 33.4 Å². The molecule has 1 aromatic carbocycles. The van der Waals surface area contributed by atoms with Crippen molar-refractivity contribution in [1.82, 2.24) is 15.5 Å². The Kier molecular flexibility index (Phi) is 4.55. The molecule has 1 amide bonds. The monoisotopic (exact) mass is 343 g/mol. The predicted molar refractivity (Wildman–Crippen MR) is 74.2 cm³/mol. The van der Waals surface area contributed by atoms with Crippen LogP contribution in [0.4, 0.5) is 0 Å². The largest absolute Gasteiger partial charge is 0.352 e. The van der Waals surface area contributed by atoms with Gasteiger partial charge in [-0.25, -0.2) is 0 Å². The molecule has 0 fully saturated rings. The molecule has 1 aromatic heterocycles. The molecule has 0 aliphatic rings. The third-order valence-corrected chi connectivity index (χ3v) is 3.61. The quantitative estimate of drug-likeness (QED) is 0.926. The van der Waals surface area contributed by atoms with E-state index in [0.717, 1.165) is 4.47 Å². The van der Waals surface area contributed by atoms with Crippen LogP contribution in [0.5, 0.6) is 0 Å². The van der Waals surface area contributed by atoms with Crippen LogP contribution in [0.2, 0.25) is 5.02 Å². The van der Waals surface area contributed by atoms with Gasteiger partial charge in [0.05, 0.1) is 5.02 Å². The molecule has 2 rings (SSSR count). The van der Waals surface area contributed by atoms with E-state index in [4.69, 9.17) is 16.1 Å². The number of amides is 1. The van der Waals surface area contributed by atoms with Gasteiger partial charge in [-0.15, -0.1) is 0 Å². The molecule has 1 heterocycles. The highest BCUT2D eigenvalue weighted by molar-refractivity contribution is 9.10. The van der Waals surface area contributed by atoms with Crippen molar-refractivity contribution in [2.75, 3.05) is 6.54 Å². The number of nitrogens with zero attached hydrogens (tertiary/aromatic N) is 2. The fraction of sp³-hybridized carbons (Fsp3) is 0.250. The van der Waals surface area contributed by atoms with E-state index < -0.39 is 0 Å². The first kappa shape index (κ1) is 14.0. The van der Waals surface area contributed by atoms with Crippen LogP contribution < -0.4 is 5.32 Å². The topological polar surface area (TPSA) is 68.0 Å². The van der Waals surface area contributed by atoms with Crippen molar-refractivity contribution in [2.24, 2.45) is 0 Å². The average Bonchev–Trinajstić information content (AvgIpc) is 2.78. The minimum absolute atomic E-state index is 0.189. The van der Waals surface area contributed by atoms with E-state index in [1.807, 2.05) is 0 Å². The van der Waals surface area contributed by atoms with Crippen LogP contribution in [0, 0.1) is 6.92 Å². The lowest BCUT2D eigenvalue weighted by atomic mass is 10.2. The minimum Gasteiger partial charge on any atom is -0.352 e. The normalized spacial score (nSPS) is 10.5. The molecule has 100 valence electrons. The van der Waals surface area contributed by atoms with Crippen LogP contribution in [-0.2, 0) is 6.42 Å². The van der Waals surface area contributed by atoms with E-state index in [9.17, 15) is 4.79 Å². The van der Waals surface area contributed by atoms with Crippen LogP contribution in [0.1, 0.15) is 22.1 Å². The van der Waals surface area contributed by atoms with Crippen molar-refractivity contribution in [2.45, 2.75) is 13.3 Å². The zero-order valence-electron chi connectivity index (χ0n) is 10.1. The minimum atomic E-state index is -0.189. The highest BCUT2D eigenvalue weighted by Gasteiger charge is 2.08. The Morgan fingerprint density at radius 3 is 2.95 bits per heavy atom. The number of hydrogen-bond acceptors (Lipinski definition) is 4. The molecule has 0 atom stereocenters. The van der Waals surface area contributed by atoms with Gasteiger partial charge in [0.2, 0.25) is 5.89 Å². The summed E-state index contributed by atoms with van der Waals surface area (Å²) >= 11 is 9.20. The van der Waals surface area contributed by atoms with E-state index in [2.05, 4.69) is 31.4 Å². The Morgan fingerprint density at radius 1 is 1.53 bits per heavy atom. The Balaban J connectivity index is 1.89. The number of aryl methyl sites for hydroxylation is 1. The molecule has 2 aromatic rings. The summed E-state index contributed by atoms with van der Waals surface area (Å²) in [7, 11) is 0. The molecule has 1 N–H and O–H groups in total. The van der Waals surface area contributed by atoms with Crippen molar-refractivity contribution < 1.29 is 9.32 Å². The summed E-state index contributed by atoms with van der Waals surface area (Å²) < 4.78 is 5.70. The molecular formula is C12H11BrClN3O2. The lowest BCUT2D eigenvalue weighted by Crippen LogP contribution is -2.25. The maximum absolute atomic E-state index is 11.9. The molecular weight excluding hydrogens is 334 g/mol. The van der Waals surface area contributed by atoms with Gasteiger partial charge in [-0.1, -0.05) is 16.8 Å². The third kappa shape index (κ3) is 3.78. The maximum Gasteiger partial charge on any atom is 0.251 e. The zero-order valence-corrected chi connectivity index (χ0v) is 12.5. The highest BCUT2D eigenvalue weighted by atomic mass is 79.9. The summed E-state index contributed by atoms with van der Waals surface area (Å²) in [6.45, 7) is 2.17. The first-order chi connectivity index (χ1) is 9.06. The van der Waals surface area contributed by atoms with Gasteiger partial charge in [-0.05, 0) is 41.1 Å². The highest BCUT2D eigenvalue weighted by Crippen LogP contribution is 2.23. The Labute approximate surface area is 123 Å². The van der Waals surface area contributed by atoms with Crippen LogP contribution in [-0.4, -0.2) is 22.6 Å². The van der Waals surface area contributed by atoms with Crippen molar-refractivity contribution in [3.05, 3.63) is 45.0 Å². The van der Waals surface area contributed by atoms with Crippen LogP contribution in [0.25, 0.3) is 0 Å². The lowest BCUT2D eigenvalue weighted by molar-refractivity contribution is 0.0953. The summed E-state index contributed by atoms with van der Waals surface area (Å²) in [4.78, 5) is 15.9. The van der Waals surface area contributed by atoms with E-state index in [0.29, 0.717) is 35.3 Å². The van der Waals surface area contributed by atoms with E-state index in [1.165, 1.54) is 0 Å². The van der Waals surface area contributed by atoms with Gasteiger partial charge in [-0.2, -0.15) is 4.98 Å². The lowest BCUT2D eigenvalue weighted by Gasteiger charge is -2.04. The van der Waals surface area contributed by atoms with Gasteiger partial charge in [0, 0.05) is 23.0 Å². The molecule has 5 nitrogen and oxygen atoms in total. The smallest absolute Gasteiger partial charge is 0.251 e. The molecule has 0 radical (unpaired) electrons. The Hall–Kier alpha value is -1.40. The second-order valence-electron chi connectivity index (χ2n) is 3.87. The number of hydrogen-bond donors (Lipinski definition) is 1. The van der Waals surface area contributed by atoms with Gasteiger partial charge in [0.25, 0.3) is 5.91 Å². The standard InChI is InChI=1S/C12H11BrClN3O2/c1-7-16-11(19-17-7)4-5-15-12(18)8-2-3-9(13)10(14)6-8/h2-3,6H,4-5H2,1H3,(H,15,18). The van der Waals surface area contributed by atoms with Gasteiger partial charge in [0.15, 0.2) is 5.82 Å². The first-order valence-corrected chi connectivity index (χ1v) is 6.76. The second-order valence-corrected chi connectivity index (χ2v) is 5.13. The molecule has 0 unspecified atom stereocenters.